The molecule has 4 nitrogen and oxygen atoms in total. The van der Waals surface area contributed by atoms with Gasteiger partial charge in [0.25, 0.3) is 5.91 Å². The first kappa shape index (κ1) is 17.0. The highest BCUT2D eigenvalue weighted by atomic mass is 19.1. The predicted molar refractivity (Wildman–Crippen MR) is 93.2 cm³/mol. The van der Waals surface area contributed by atoms with Gasteiger partial charge < -0.3 is 15.1 Å². The molecule has 122 valence electrons. The van der Waals surface area contributed by atoms with Crippen molar-refractivity contribution in [2.24, 2.45) is 0 Å². The molecule has 1 aromatic carbocycles. The van der Waals surface area contributed by atoms with Crippen molar-refractivity contribution < 1.29 is 9.18 Å². The topological polar surface area (TPSA) is 35.6 Å². The molecule has 0 atom stereocenters. The second kappa shape index (κ2) is 7.74. The summed E-state index contributed by atoms with van der Waals surface area (Å²) in [6, 6.07) is 4.40. The number of likely N-dealkylation sites (N-methyl/N-ethyl adjacent to an activating group) is 1. The Labute approximate surface area is 136 Å². The van der Waals surface area contributed by atoms with Gasteiger partial charge in [-0.3, -0.25) is 4.79 Å². The number of nitrogens with zero attached hydrogens (tertiary/aromatic N) is 2. The van der Waals surface area contributed by atoms with Crippen molar-refractivity contribution in [2.75, 3.05) is 43.4 Å². The Morgan fingerprint density at radius 2 is 1.96 bits per heavy atom. The molecular weight excluding hydrogens is 293 g/mol. The van der Waals surface area contributed by atoms with Crippen LogP contribution in [0.2, 0.25) is 0 Å². The zero-order chi connectivity index (χ0) is 16.8. The van der Waals surface area contributed by atoms with Gasteiger partial charge in [0.1, 0.15) is 5.82 Å². The molecule has 5 heteroatoms. The lowest BCUT2D eigenvalue weighted by Crippen LogP contribution is -2.44. The van der Waals surface area contributed by atoms with Crippen molar-refractivity contribution in [1.82, 2.24) is 4.90 Å². The molecule has 0 unspecified atom stereocenters. The van der Waals surface area contributed by atoms with Crippen LogP contribution in [0.4, 0.5) is 15.8 Å². The maximum atomic E-state index is 13.7. The lowest BCUT2D eigenvalue weighted by molar-refractivity contribution is -0.112. The number of rotatable bonds is 5. The molecule has 0 aliphatic carbocycles. The van der Waals surface area contributed by atoms with Crippen LogP contribution in [0, 0.1) is 5.82 Å². The molecule has 2 rings (SSSR count). The average molecular weight is 315 g/mol. The number of halogens is 1. The third kappa shape index (κ3) is 4.29. The van der Waals surface area contributed by atoms with Gasteiger partial charge in [-0.1, -0.05) is 31.4 Å². The van der Waals surface area contributed by atoms with Crippen molar-refractivity contribution in [3.63, 3.8) is 0 Å². The quantitative estimate of drug-likeness (QED) is 0.670. The molecule has 0 aromatic heterocycles. The summed E-state index contributed by atoms with van der Waals surface area (Å²) in [6.07, 6.45) is 4.58. The summed E-state index contributed by atoms with van der Waals surface area (Å²) in [4.78, 5) is 16.6. The number of hydrogen-bond donors (Lipinski definition) is 1. The lowest BCUT2D eigenvalue weighted by Gasteiger charge is -2.35. The molecule has 0 radical (unpaired) electrons. The zero-order valence-electron chi connectivity index (χ0n) is 13.4. The van der Waals surface area contributed by atoms with E-state index in [0.717, 1.165) is 26.2 Å². The number of anilines is 2. The molecule has 1 amide bonds. The van der Waals surface area contributed by atoms with Gasteiger partial charge >= 0.3 is 0 Å². The van der Waals surface area contributed by atoms with E-state index in [-0.39, 0.29) is 11.7 Å². The summed E-state index contributed by atoms with van der Waals surface area (Å²) in [6.45, 7) is 10.6. The van der Waals surface area contributed by atoms with E-state index in [1.165, 1.54) is 24.3 Å². The first-order valence-electron chi connectivity index (χ1n) is 7.54. The molecule has 1 aromatic rings. The maximum absolute atomic E-state index is 13.7. The molecule has 0 saturated carbocycles. The van der Waals surface area contributed by atoms with Crippen LogP contribution in [0.1, 0.15) is 0 Å². The van der Waals surface area contributed by atoms with Crippen LogP contribution in [-0.4, -0.2) is 44.0 Å². The van der Waals surface area contributed by atoms with E-state index in [1.54, 1.807) is 12.1 Å². The van der Waals surface area contributed by atoms with Crippen LogP contribution in [0.15, 0.2) is 55.2 Å². The Balaban J connectivity index is 2.25. The monoisotopic (exact) mass is 315 g/mol. The number of allylic oxidation sites excluding steroid dienone is 2. The zero-order valence-corrected chi connectivity index (χ0v) is 13.4. The average Bonchev–Trinajstić information content (AvgIpc) is 2.55. The van der Waals surface area contributed by atoms with E-state index in [9.17, 15) is 9.18 Å². The summed E-state index contributed by atoms with van der Waals surface area (Å²) in [5, 5.41) is 2.83. The Morgan fingerprint density at radius 1 is 1.26 bits per heavy atom. The van der Waals surface area contributed by atoms with E-state index >= 15 is 0 Å². The van der Waals surface area contributed by atoms with Crippen LogP contribution in [0.3, 0.4) is 0 Å². The normalized spacial score (nSPS) is 16.1. The fourth-order valence-corrected chi connectivity index (χ4v) is 2.48. The van der Waals surface area contributed by atoms with Crippen LogP contribution in [0.5, 0.6) is 0 Å². The third-order valence-electron chi connectivity index (χ3n) is 3.83. The highest BCUT2D eigenvalue weighted by molar-refractivity contribution is 6.07. The van der Waals surface area contributed by atoms with Crippen molar-refractivity contribution in [2.45, 2.75) is 0 Å². The number of carbonyl (C=O) groups is 1. The maximum Gasteiger partial charge on any atom is 0.255 e. The van der Waals surface area contributed by atoms with Gasteiger partial charge in [0.05, 0.1) is 11.4 Å². The largest absolute Gasteiger partial charge is 0.367 e. The minimum Gasteiger partial charge on any atom is -0.367 e. The van der Waals surface area contributed by atoms with Crippen LogP contribution >= 0.6 is 0 Å². The van der Waals surface area contributed by atoms with E-state index in [0.29, 0.717) is 16.9 Å². The molecule has 23 heavy (non-hydrogen) atoms. The molecule has 1 aliphatic rings. The predicted octanol–water partition coefficient (Wildman–Crippen LogP) is 2.81. The standard InChI is InChI=1S/C18H22FN3O/c1-4-6-14(5-2)18(23)20-16-8-7-15(19)13-17(16)22-11-9-21(3)10-12-22/h4-8,13H,1-2,9-12H2,3H3,(H,20,23)/b14-6+. The van der Waals surface area contributed by atoms with E-state index in [4.69, 9.17) is 0 Å². The Bertz CT molecular complexity index is 631. The lowest BCUT2D eigenvalue weighted by atomic mass is 10.1. The van der Waals surface area contributed by atoms with Crippen molar-refractivity contribution in [3.05, 3.63) is 61.0 Å². The highest BCUT2D eigenvalue weighted by Gasteiger charge is 2.19. The second-order valence-electron chi connectivity index (χ2n) is 5.47. The Morgan fingerprint density at radius 3 is 2.57 bits per heavy atom. The van der Waals surface area contributed by atoms with E-state index in [1.807, 2.05) is 0 Å². The van der Waals surface area contributed by atoms with Gasteiger partial charge in [0, 0.05) is 31.8 Å². The van der Waals surface area contributed by atoms with Crippen LogP contribution in [-0.2, 0) is 4.79 Å². The molecule has 1 saturated heterocycles. The Kier molecular flexibility index (Phi) is 5.71. The number of carbonyl (C=O) groups excluding carboxylic acids is 1. The molecule has 1 fully saturated rings. The third-order valence-corrected chi connectivity index (χ3v) is 3.83. The number of nitrogens with one attached hydrogen (secondary N) is 1. The summed E-state index contributed by atoms with van der Waals surface area (Å²) in [5.74, 6) is -0.607. The second-order valence-corrected chi connectivity index (χ2v) is 5.47. The molecule has 1 heterocycles. The number of hydrogen-bond acceptors (Lipinski definition) is 3. The minimum absolute atomic E-state index is 0.290. The molecule has 1 aliphatic heterocycles. The first-order valence-corrected chi connectivity index (χ1v) is 7.54. The molecule has 0 spiro atoms. The van der Waals surface area contributed by atoms with Gasteiger partial charge in [0.15, 0.2) is 0 Å². The van der Waals surface area contributed by atoms with Gasteiger partial charge in [-0.25, -0.2) is 4.39 Å². The van der Waals surface area contributed by atoms with Crippen molar-refractivity contribution >= 4 is 17.3 Å². The fourth-order valence-electron chi connectivity index (χ4n) is 2.48. The fraction of sp³-hybridized carbons (Fsp3) is 0.278. The van der Waals surface area contributed by atoms with Gasteiger partial charge in [-0.2, -0.15) is 0 Å². The SMILES string of the molecule is C=C/C=C(\C=C)C(=O)Nc1ccc(F)cc1N1CCN(C)CC1. The Hall–Kier alpha value is -2.40. The molecule has 1 N–H and O–H groups in total. The van der Waals surface area contributed by atoms with Crippen LogP contribution < -0.4 is 10.2 Å². The number of piperazine rings is 1. The first-order chi connectivity index (χ1) is 11.0. The summed E-state index contributed by atoms with van der Waals surface area (Å²) >= 11 is 0. The highest BCUT2D eigenvalue weighted by Crippen LogP contribution is 2.28. The number of amides is 1. The van der Waals surface area contributed by atoms with Crippen molar-refractivity contribution in [3.8, 4) is 0 Å². The van der Waals surface area contributed by atoms with Crippen molar-refractivity contribution in [1.29, 1.82) is 0 Å². The van der Waals surface area contributed by atoms with E-state index < -0.39 is 0 Å². The smallest absolute Gasteiger partial charge is 0.255 e. The summed E-state index contributed by atoms with van der Waals surface area (Å²) in [5.41, 5.74) is 1.71. The van der Waals surface area contributed by atoms with Gasteiger partial charge in [-0.05, 0) is 25.2 Å². The van der Waals surface area contributed by atoms with Gasteiger partial charge in [-0.15, -0.1) is 0 Å². The van der Waals surface area contributed by atoms with E-state index in [2.05, 4.69) is 35.3 Å². The minimum atomic E-state index is -0.317. The number of benzene rings is 1. The molecule has 0 bridgehead atoms. The molecular formula is C18H22FN3O. The summed E-state index contributed by atoms with van der Waals surface area (Å²) < 4.78 is 13.7. The van der Waals surface area contributed by atoms with Crippen LogP contribution in [0.25, 0.3) is 0 Å². The summed E-state index contributed by atoms with van der Waals surface area (Å²) in [7, 11) is 2.06. The van der Waals surface area contributed by atoms with Gasteiger partial charge in [0.2, 0.25) is 0 Å².